The molecule has 1 unspecified atom stereocenters. The summed E-state index contributed by atoms with van der Waals surface area (Å²) in [4.78, 5) is 15.8. The van der Waals surface area contributed by atoms with Crippen LogP contribution in [0.15, 0.2) is 35.7 Å². The van der Waals surface area contributed by atoms with Crippen molar-refractivity contribution in [1.82, 2.24) is 19.9 Å². The van der Waals surface area contributed by atoms with Crippen molar-refractivity contribution >= 4 is 28.3 Å². The van der Waals surface area contributed by atoms with Gasteiger partial charge in [-0.05, 0) is 29.6 Å². The average molecular weight is 328 g/mol. The summed E-state index contributed by atoms with van der Waals surface area (Å²) in [7, 11) is 1.84. The summed E-state index contributed by atoms with van der Waals surface area (Å²) >= 11 is 1.66. The molecule has 2 aromatic heterocycles. The van der Waals surface area contributed by atoms with Crippen LogP contribution < -0.4 is 0 Å². The van der Waals surface area contributed by atoms with E-state index in [1.54, 1.807) is 22.1 Å². The molecule has 1 atom stereocenters. The first-order valence-electron chi connectivity index (χ1n) is 7.46. The van der Waals surface area contributed by atoms with Crippen molar-refractivity contribution in [3.05, 3.63) is 46.2 Å². The van der Waals surface area contributed by atoms with Crippen LogP contribution >= 0.6 is 11.3 Å². The lowest BCUT2D eigenvalue weighted by Gasteiger charge is -2.32. The van der Waals surface area contributed by atoms with Crippen molar-refractivity contribution in [2.24, 2.45) is 7.05 Å². The van der Waals surface area contributed by atoms with Crippen LogP contribution in [0.25, 0.3) is 11.0 Å². The normalized spacial score (nSPS) is 18.5. The van der Waals surface area contributed by atoms with Crippen LogP contribution in [0, 0.1) is 0 Å². The van der Waals surface area contributed by atoms with E-state index in [1.807, 2.05) is 35.5 Å². The Bertz CT molecular complexity index is 843. The van der Waals surface area contributed by atoms with Crippen molar-refractivity contribution in [2.45, 2.75) is 6.10 Å². The Kier molecular flexibility index (Phi) is 3.59. The summed E-state index contributed by atoms with van der Waals surface area (Å²) in [5.74, 6) is 0.0161. The van der Waals surface area contributed by atoms with Gasteiger partial charge in [-0.25, -0.2) is 4.68 Å². The van der Waals surface area contributed by atoms with Crippen molar-refractivity contribution in [3.8, 4) is 0 Å². The van der Waals surface area contributed by atoms with Crippen molar-refractivity contribution in [1.29, 1.82) is 0 Å². The van der Waals surface area contributed by atoms with Crippen molar-refractivity contribution < 1.29 is 9.53 Å². The summed E-state index contributed by atoms with van der Waals surface area (Å²) in [6.45, 7) is 1.75. The minimum Gasteiger partial charge on any atom is -0.369 e. The fraction of sp³-hybridized carbons (Fsp3) is 0.312. The molecule has 0 aliphatic carbocycles. The van der Waals surface area contributed by atoms with Gasteiger partial charge in [0.1, 0.15) is 11.6 Å². The topological polar surface area (TPSA) is 60.2 Å². The summed E-state index contributed by atoms with van der Waals surface area (Å²) in [5.41, 5.74) is 2.30. The smallest absolute Gasteiger partial charge is 0.254 e. The van der Waals surface area contributed by atoms with Gasteiger partial charge < -0.3 is 9.64 Å². The van der Waals surface area contributed by atoms with Crippen molar-refractivity contribution in [2.75, 3.05) is 19.7 Å². The number of nitrogens with zero attached hydrogens (tertiary/aromatic N) is 4. The van der Waals surface area contributed by atoms with Crippen LogP contribution in [0.4, 0.5) is 0 Å². The van der Waals surface area contributed by atoms with E-state index in [-0.39, 0.29) is 12.0 Å². The fourth-order valence-corrected chi connectivity index (χ4v) is 3.60. The van der Waals surface area contributed by atoms with Crippen LogP contribution in [-0.2, 0) is 11.8 Å². The van der Waals surface area contributed by atoms with Crippen LogP contribution in [0.1, 0.15) is 21.3 Å². The molecular formula is C16H16N4O2S. The maximum Gasteiger partial charge on any atom is 0.254 e. The van der Waals surface area contributed by atoms with Crippen LogP contribution in [0.3, 0.4) is 0 Å². The predicted molar refractivity (Wildman–Crippen MR) is 87.4 cm³/mol. The highest BCUT2D eigenvalue weighted by molar-refractivity contribution is 7.10. The first-order chi connectivity index (χ1) is 11.2. The van der Waals surface area contributed by atoms with Gasteiger partial charge in [-0.2, -0.15) is 0 Å². The first-order valence-corrected chi connectivity index (χ1v) is 8.34. The molecule has 6 nitrogen and oxygen atoms in total. The Balaban J connectivity index is 1.57. The van der Waals surface area contributed by atoms with Gasteiger partial charge in [0, 0.05) is 24.0 Å². The third kappa shape index (κ3) is 2.62. The second kappa shape index (κ2) is 5.75. The molecule has 1 aliphatic rings. The van der Waals surface area contributed by atoms with Crippen LogP contribution in [0.5, 0.6) is 0 Å². The molecular weight excluding hydrogens is 312 g/mol. The fourth-order valence-electron chi connectivity index (χ4n) is 2.84. The first kappa shape index (κ1) is 14.3. The van der Waals surface area contributed by atoms with Gasteiger partial charge in [0.25, 0.3) is 5.91 Å². The number of carbonyl (C=O) groups excluding carboxylic acids is 1. The zero-order chi connectivity index (χ0) is 15.8. The number of hydrogen-bond donors (Lipinski definition) is 0. The number of carbonyl (C=O) groups is 1. The Labute approximate surface area is 137 Å². The third-order valence-electron chi connectivity index (χ3n) is 4.07. The van der Waals surface area contributed by atoms with E-state index in [4.69, 9.17) is 4.74 Å². The molecule has 1 aliphatic heterocycles. The monoisotopic (exact) mass is 328 g/mol. The maximum absolute atomic E-state index is 12.8. The van der Waals surface area contributed by atoms with E-state index in [0.29, 0.717) is 25.3 Å². The molecule has 7 heteroatoms. The van der Waals surface area contributed by atoms with Gasteiger partial charge >= 0.3 is 0 Å². The minimum atomic E-state index is -0.0343. The number of morpholine rings is 1. The molecule has 0 N–H and O–H groups in total. The molecule has 1 fully saturated rings. The number of ether oxygens (including phenoxy) is 1. The maximum atomic E-state index is 12.8. The van der Waals surface area contributed by atoms with E-state index < -0.39 is 0 Å². The molecule has 0 spiro atoms. The lowest BCUT2D eigenvalue weighted by Crippen LogP contribution is -2.42. The molecule has 23 heavy (non-hydrogen) atoms. The Morgan fingerprint density at radius 3 is 3.13 bits per heavy atom. The van der Waals surface area contributed by atoms with Gasteiger partial charge in [0.05, 0.1) is 18.7 Å². The van der Waals surface area contributed by atoms with Gasteiger partial charge in [-0.1, -0.05) is 11.3 Å². The number of aromatic nitrogens is 3. The molecule has 3 aromatic rings. The average Bonchev–Trinajstić information content (AvgIpc) is 3.24. The van der Waals surface area contributed by atoms with Gasteiger partial charge in [-0.3, -0.25) is 4.79 Å². The Hall–Kier alpha value is -2.25. The zero-order valence-electron chi connectivity index (χ0n) is 12.7. The number of hydrogen-bond acceptors (Lipinski definition) is 5. The molecule has 4 rings (SSSR count). The lowest BCUT2D eigenvalue weighted by atomic mass is 10.1. The summed E-state index contributed by atoms with van der Waals surface area (Å²) < 4.78 is 7.50. The summed E-state index contributed by atoms with van der Waals surface area (Å²) in [6.07, 6.45) is -0.0343. The molecule has 1 aromatic carbocycles. The molecule has 0 saturated carbocycles. The highest BCUT2D eigenvalue weighted by Gasteiger charge is 2.27. The predicted octanol–water partition coefficient (Wildman–Crippen LogP) is 2.24. The molecule has 1 amide bonds. The SMILES string of the molecule is Cn1nnc2cc(C(=O)N3CCOC(c4cccs4)C3)ccc21. The number of amides is 1. The number of fused-ring (bicyclic) bond motifs is 1. The molecule has 3 heterocycles. The highest BCUT2D eigenvalue weighted by Crippen LogP contribution is 2.27. The Morgan fingerprint density at radius 1 is 1.39 bits per heavy atom. The molecule has 1 saturated heterocycles. The third-order valence-corrected chi connectivity index (χ3v) is 5.04. The van der Waals surface area contributed by atoms with E-state index in [1.165, 1.54) is 0 Å². The molecule has 0 bridgehead atoms. The van der Waals surface area contributed by atoms with Gasteiger partial charge in [-0.15, -0.1) is 16.4 Å². The quantitative estimate of drug-likeness (QED) is 0.724. The second-order valence-electron chi connectivity index (χ2n) is 5.54. The minimum absolute atomic E-state index is 0.0161. The molecule has 0 radical (unpaired) electrons. The zero-order valence-corrected chi connectivity index (χ0v) is 13.5. The van der Waals surface area contributed by atoms with Crippen LogP contribution in [0.2, 0.25) is 0 Å². The van der Waals surface area contributed by atoms with E-state index >= 15 is 0 Å². The number of aryl methyl sites for hydroxylation is 1. The number of thiophene rings is 1. The second-order valence-corrected chi connectivity index (χ2v) is 6.52. The largest absolute Gasteiger partial charge is 0.369 e. The van der Waals surface area contributed by atoms with Crippen LogP contribution in [-0.4, -0.2) is 45.5 Å². The van der Waals surface area contributed by atoms with E-state index in [0.717, 1.165) is 15.9 Å². The summed E-state index contributed by atoms with van der Waals surface area (Å²) in [6, 6.07) is 9.59. The number of benzene rings is 1. The van der Waals surface area contributed by atoms with E-state index in [9.17, 15) is 4.79 Å². The van der Waals surface area contributed by atoms with Crippen molar-refractivity contribution in [3.63, 3.8) is 0 Å². The summed E-state index contributed by atoms with van der Waals surface area (Å²) in [5, 5.41) is 10.1. The Morgan fingerprint density at radius 2 is 2.30 bits per heavy atom. The van der Waals surface area contributed by atoms with Gasteiger partial charge in [0.2, 0.25) is 0 Å². The van der Waals surface area contributed by atoms with E-state index in [2.05, 4.69) is 16.4 Å². The van der Waals surface area contributed by atoms with Gasteiger partial charge in [0.15, 0.2) is 0 Å². The standard InChI is InChI=1S/C16H16N4O2S/c1-19-13-5-4-11(9-12(13)17-18-19)16(21)20-6-7-22-14(10-20)15-3-2-8-23-15/h2-5,8-9,14H,6-7,10H2,1H3. The highest BCUT2D eigenvalue weighted by atomic mass is 32.1. The number of rotatable bonds is 2. The molecule has 118 valence electrons. The lowest BCUT2D eigenvalue weighted by molar-refractivity contribution is -0.0211.